The lowest BCUT2D eigenvalue weighted by molar-refractivity contribution is -0.120. The van der Waals surface area contributed by atoms with Gasteiger partial charge < -0.3 is 9.73 Å². The molecule has 1 fully saturated rings. The van der Waals surface area contributed by atoms with Gasteiger partial charge in [-0.3, -0.25) is 14.1 Å². The number of nitrogens with one attached hydrogen (secondary N) is 1. The molecule has 24 heavy (non-hydrogen) atoms. The molecule has 1 N–H and O–H groups in total. The maximum absolute atomic E-state index is 12.3. The van der Waals surface area contributed by atoms with E-state index in [9.17, 15) is 4.79 Å². The summed E-state index contributed by atoms with van der Waals surface area (Å²) in [5.74, 6) is 0.913. The summed E-state index contributed by atoms with van der Waals surface area (Å²) in [6.45, 7) is 2.67. The number of furan rings is 1. The Kier molecular flexibility index (Phi) is 4.36. The Balaban J connectivity index is 1.38. The Morgan fingerprint density at radius 1 is 1.42 bits per heavy atom. The largest absolute Gasteiger partial charge is 0.468 e. The summed E-state index contributed by atoms with van der Waals surface area (Å²) >= 11 is 1.57. The predicted molar refractivity (Wildman–Crippen MR) is 92.0 cm³/mol. The Morgan fingerprint density at radius 2 is 2.29 bits per heavy atom. The van der Waals surface area contributed by atoms with Crippen LogP contribution in [0.25, 0.3) is 4.96 Å². The highest BCUT2D eigenvalue weighted by atomic mass is 32.1. The first-order chi connectivity index (χ1) is 11.8. The molecule has 3 aromatic heterocycles. The molecule has 1 aliphatic heterocycles. The standard InChI is InChI=1S/C17H20N4O2S/c22-16(10-13-12-21-7-9-24-17(21)19-13)18-11-14(15-4-3-8-23-15)20-5-1-2-6-20/h3-4,7-9,12,14H,1-2,5-6,10-11H2,(H,18,22)/t14-/m1/s1. The van der Waals surface area contributed by atoms with Gasteiger partial charge in [-0.1, -0.05) is 0 Å². The van der Waals surface area contributed by atoms with Crippen molar-refractivity contribution in [1.29, 1.82) is 0 Å². The van der Waals surface area contributed by atoms with Crippen LogP contribution in [0.5, 0.6) is 0 Å². The molecule has 0 aliphatic carbocycles. The molecule has 1 atom stereocenters. The zero-order chi connectivity index (χ0) is 16.4. The van der Waals surface area contributed by atoms with Gasteiger partial charge in [0.15, 0.2) is 4.96 Å². The van der Waals surface area contributed by atoms with Crippen molar-refractivity contribution in [2.24, 2.45) is 0 Å². The van der Waals surface area contributed by atoms with Crippen molar-refractivity contribution in [2.75, 3.05) is 19.6 Å². The number of likely N-dealkylation sites (tertiary alicyclic amines) is 1. The number of hydrogen-bond donors (Lipinski definition) is 1. The highest BCUT2D eigenvalue weighted by molar-refractivity contribution is 7.15. The van der Waals surface area contributed by atoms with Gasteiger partial charge in [0, 0.05) is 24.3 Å². The average molecular weight is 344 g/mol. The smallest absolute Gasteiger partial charge is 0.226 e. The highest BCUT2D eigenvalue weighted by Crippen LogP contribution is 2.24. The first-order valence-electron chi connectivity index (χ1n) is 8.25. The van der Waals surface area contributed by atoms with E-state index in [0.29, 0.717) is 13.0 Å². The molecular weight excluding hydrogens is 324 g/mol. The number of thiazole rings is 1. The second-order valence-corrected chi connectivity index (χ2v) is 6.95. The number of carbonyl (C=O) groups excluding carboxylic acids is 1. The van der Waals surface area contributed by atoms with Gasteiger partial charge in [0.05, 0.1) is 24.4 Å². The molecular formula is C17H20N4O2S. The van der Waals surface area contributed by atoms with Gasteiger partial charge in [-0.25, -0.2) is 4.98 Å². The predicted octanol–water partition coefficient (Wildman–Crippen LogP) is 2.48. The lowest BCUT2D eigenvalue weighted by Crippen LogP contribution is -2.37. The first kappa shape index (κ1) is 15.4. The minimum absolute atomic E-state index is 0.00324. The van der Waals surface area contributed by atoms with Gasteiger partial charge in [-0.15, -0.1) is 11.3 Å². The number of aromatic nitrogens is 2. The molecule has 4 heterocycles. The third-order valence-corrected chi connectivity index (χ3v) is 5.20. The van der Waals surface area contributed by atoms with E-state index in [0.717, 1.165) is 29.5 Å². The fourth-order valence-electron chi connectivity index (χ4n) is 3.24. The normalized spacial score (nSPS) is 16.7. The van der Waals surface area contributed by atoms with Crippen LogP contribution < -0.4 is 5.32 Å². The second kappa shape index (κ2) is 6.78. The molecule has 3 aromatic rings. The van der Waals surface area contributed by atoms with Crippen molar-refractivity contribution in [2.45, 2.75) is 25.3 Å². The third-order valence-electron chi connectivity index (χ3n) is 4.43. The van der Waals surface area contributed by atoms with E-state index < -0.39 is 0 Å². The molecule has 4 rings (SSSR count). The quantitative estimate of drug-likeness (QED) is 0.746. The van der Waals surface area contributed by atoms with Crippen LogP contribution in [-0.2, 0) is 11.2 Å². The van der Waals surface area contributed by atoms with E-state index in [2.05, 4.69) is 15.2 Å². The fraction of sp³-hybridized carbons (Fsp3) is 0.412. The molecule has 1 aliphatic rings. The summed E-state index contributed by atoms with van der Waals surface area (Å²) in [4.78, 5) is 20.1. The Bertz CT molecular complexity index is 773. The number of amides is 1. The number of carbonyl (C=O) groups is 1. The van der Waals surface area contributed by atoms with E-state index in [1.165, 1.54) is 12.8 Å². The molecule has 1 saturated heterocycles. The Hall–Kier alpha value is -2.12. The number of fused-ring (bicyclic) bond motifs is 1. The first-order valence-corrected chi connectivity index (χ1v) is 9.13. The summed E-state index contributed by atoms with van der Waals surface area (Å²) in [5.41, 5.74) is 0.801. The SMILES string of the molecule is O=C(Cc1cn2ccsc2n1)NC[C@H](c1ccco1)N1CCCC1. The maximum Gasteiger partial charge on any atom is 0.226 e. The van der Waals surface area contributed by atoms with Crippen molar-refractivity contribution in [3.05, 3.63) is 47.6 Å². The van der Waals surface area contributed by atoms with Crippen LogP contribution in [0.4, 0.5) is 0 Å². The lowest BCUT2D eigenvalue weighted by atomic mass is 10.2. The third kappa shape index (κ3) is 3.22. The molecule has 0 spiro atoms. The average Bonchev–Trinajstić information content (AvgIpc) is 3.33. The molecule has 0 aromatic carbocycles. The van der Waals surface area contributed by atoms with E-state index in [1.54, 1.807) is 17.6 Å². The van der Waals surface area contributed by atoms with Crippen molar-refractivity contribution in [3.8, 4) is 0 Å². The van der Waals surface area contributed by atoms with Crippen LogP contribution in [0, 0.1) is 0 Å². The Morgan fingerprint density at radius 3 is 3.04 bits per heavy atom. The Labute approximate surface area is 144 Å². The van der Waals surface area contributed by atoms with Gasteiger partial charge in [-0.2, -0.15) is 0 Å². The monoisotopic (exact) mass is 344 g/mol. The number of rotatable bonds is 6. The molecule has 0 radical (unpaired) electrons. The van der Waals surface area contributed by atoms with E-state index in [-0.39, 0.29) is 11.9 Å². The zero-order valence-corrected chi connectivity index (χ0v) is 14.2. The fourth-order valence-corrected chi connectivity index (χ4v) is 3.96. The van der Waals surface area contributed by atoms with E-state index in [1.807, 2.05) is 34.3 Å². The number of imidazole rings is 1. The van der Waals surface area contributed by atoms with Crippen LogP contribution >= 0.6 is 11.3 Å². The highest BCUT2D eigenvalue weighted by Gasteiger charge is 2.26. The van der Waals surface area contributed by atoms with Crippen LogP contribution in [0.2, 0.25) is 0 Å². The lowest BCUT2D eigenvalue weighted by Gasteiger charge is -2.25. The van der Waals surface area contributed by atoms with E-state index >= 15 is 0 Å². The minimum atomic E-state index is -0.00324. The van der Waals surface area contributed by atoms with Crippen LogP contribution in [0.3, 0.4) is 0 Å². The molecule has 0 unspecified atom stereocenters. The number of nitrogens with zero attached hydrogens (tertiary/aromatic N) is 3. The van der Waals surface area contributed by atoms with Crippen LogP contribution in [0.1, 0.15) is 30.3 Å². The molecule has 1 amide bonds. The van der Waals surface area contributed by atoms with Crippen LogP contribution in [0.15, 0.2) is 40.6 Å². The molecule has 7 heteroatoms. The maximum atomic E-state index is 12.3. The molecule has 0 bridgehead atoms. The minimum Gasteiger partial charge on any atom is -0.468 e. The molecule has 126 valence electrons. The van der Waals surface area contributed by atoms with Crippen molar-refractivity contribution >= 4 is 22.2 Å². The van der Waals surface area contributed by atoms with Gasteiger partial charge >= 0.3 is 0 Å². The number of hydrogen-bond acceptors (Lipinski definition) is 5. The van der Waals surface area contributed by atoms with Crippen molar-refractivity contribution in [1.82, 2.24) is 19.6 Å². The van der Waals surface area contributed by atoms with Gasteiger partial charge in [-0.05, 0) is 38.1 Å². The van der Waals surface area contributed by atoms with Crippen LogP contribution in [-0.4, -0.2) is 39.8 Å². The zero-order valence-electron chi connectivity index (χ0n) is 13.4. The summed E-state index contributed by atoms with van der Waals surface area (Å²) in [5, 5.41) is 5.03. The summed E-state index contributed by atoms with van der Waals surface area (Å²) < 4.78 is 7.53. The van der Waals surface area contributed by atoms with Gasteiger partial charge in [0.25, 0.3) is 0 Å². The van der Waals surface area contributed by atoms with Gasteiger partial charge in [0.2, 0.25) is 5.91 Å². The summed E-state index contributed by atoms with van der Waals surface area (Å²) in [7, 11) is 0. The topological polar surface area (TPSA) is 62.8 Å². The summed E-state index contributed by atoms with van der Waals surface area (Å²) in [6, 6.07) is 3.99. The van der Waals surface area contributed by atoms with Crippen molar-refractivity contribution in [3.63, 3.8) is 0 Å². The molecule has 6 nitrogen and oxygen atoms in total. The van der Waals surface area contributed by atoms with E-state index in [4.69, 9.17) is 4.42 Å². The van der Waals surface area contributed by atoms with Crippen molar-refractivity contribution < 1.29 is 9.21 Å². The molecule has 0 saturated carbocycles. The van der Waals surface area contributed by atoms with Gasteiger partial charge in [0.1, 0.15) is 5.76 Å². The second-order valence-electron chi connectivity index (χ2n) is 6.08. The summed E-state index contributed by atoms with van der Waals surface area (Å²) in [6.07, 6.45) is 8.27.